The minimum atomic E-state index is -1.11. The van der Waals surface area contributed by atoms with Crippen molar-refractivity contribution in [2.75, 3.05) is 18.7 Å². The smallest absolute Gasteiger partial charge is 0.412 e. The van der Waals surface area contributed by atoms with Crippen LogP contribution in [0.15, 0.2) is 65.3 Å². The van der Waals surface area contributed by atoms with Crippen LogP contribution in [0.5, 0.6) is 5.75 Å². The molecule has 0 saturated carbocycles. The molecule has 33 heavy (non-hydrogen) atoms. The van der Waals surface area contributed by atoms with Gasteiger partial charge in [0.1, 0.15) is 28.8 Å². The number of ether oxygens (including phenoxy) is 3. The maximum absolute atomic E-state index is 12.5. The van der Waals surface area contributed by atoms with Gasteiger partial charge in [-0.15, -0.1) is 0 Å². The summed E-state index contributed by atoms with van der Waals surface area (Å²) < 4.78 is 22.3. The number of carbonyl (C=O) groups excluding carboxylic acids is 1. The second-order valence-corrected chi connectivity index (χ2v) is 14.9. The predicted molar refractivity (Wildman–Crippen MR) is 134 cm³/mol. The molecule has 0 radical (unpaired) electrons. The zero-order valence-corrected chi connectivity index (χ0v) is 21.1. The van der Waals surface area contributed by atoms with E-state index in [1.165, 1.54) is 6.26 Å². The molecular formula is C25H30ClNO5Si. The molecule has 0 fully saturated rings. The van der Waals surface area contributed by atoms with E-state index in [1.54, 1.807) is 6.92 Å². The van der Waals surface area contributed by atoms with Gasteiger partial charge >= 0.3 is 6.09 Å². The Morgan fingerprint density at radius 2 is 1.79 bits per heavy atom. The first-order valence-electron chi connectivity index (χ1n) is 10.8. The van der Waals surface area contributed by atoms with Crippen molar-refractivity contribution in [3.8, 4) is 17.1 Å². The van der Waals surface area contributed by atoms with Crippen LogP contribution in [0, 0.1) is 0 Å². The fraction of sp³-hybridized carbons (Fsp3) is 0.320. The molecule has 0 bridgehead atoms. The minimum absolute atomic E-state index is 0.203. The number of amides is 1. The van der Waals surface area contributed by atoms with Crippen molar-refractivity contribution in [2.24, 2.45) is 0 Å². The summed E-state index contributed by atoms with van der Waals surface area (Å²) in [7, 11) is -1.11. The van der Waals surface area contributed by atoms with Gasteiger partial charge in [0.25, 0.3) is 0 Å². The molecule has 0 spiro atoms. The number of rotatable bonds is 10. The van der Waals surface area contributed by atoms with Gasteiger partial charge in [-0.3, -0.25) is 5.32 Å². The van der Waals surface area contributed by atoms with Gasteiger partial charge < -0.3 is 18.6 Å². The lowest BCUT2D eigenvalue weighted by Crippen LogP contribution is -2.22. The molecule has 2 aromatic carbocycles. The molecule has 0 aliphatic carbocycles. The molecule has 0 unspecified atom stereocenters. The largest absolute Gasteiger partial charge is 0.468 e. The first-order valence-corrected chi connectivity index (χ1v) is 14.9. The van der Waals surface area contributed by atoms with Crippen molar-refractivity contribution in [3.05, 3.63) is 71.4 Å². The molecule has 8 heteroatoms. The predicted octanol–water partition coefficient (Wildman–Crippen LogP) is 7.60. The third kappa shape index (κ3) is 7.66. The fourth-order valence-corrected chi connectivity index (χ4v) is 3.93. The van der Waals surface area contributed by atoms with Crippen LogP contribution in [0.1, 0.15) is 18.6 Å². The van der Waals surface area contributed by atoms with E-state index >= 15 is 0 Å². The number of anilines is 1. The van der Waals surface area contributed by atoms with Gasteiger partial charge in [0, 0.05) is 20.2 Å². The summed E-state index contributed by atoms with van der Waals surface area (Å²) in [5.74, 6) is 1.11. The van der Waals surface area contributed by atoms with E-state index in [4.69, 9.17) is 30.2 Å². The summed E-state index contributed by atoms with van der Waals surface area (Å²) in [5, 5.41) is 2.98. The van der Waals surface area contributed by atoms with Gasteiger partial charge in [-0.25, -0.2) is 4.79 Å². The third-order valence-corrected chi connectivity index (χ3v) is 6.93. The minimum Gasteiger partial charge on any atom is -0.468 e. The third-order valence-electron chi connectivity index (χ3n) is 4.95. The van der Waals surface area contributed by atoms with E-state index in [1.807, 2.05) is 54.6 Å². The molecule has 1 aromatic heterocycles. The van der Waals surface area contributed by atoms with Gasteiger partial charge in [-0.05, 0) is 42.8 Å². The normalized spacial score (nSPS) is 12.3. The highest BCUT2D eigenvalue weighted by molar-refractivity contribution is 6.76. The van der Waals surface area contributed by atoms with Crippen molar-refractivity contribution < 1.29 is 23.4 Å². The average Bonchev–Trinajstić information content (AvgIpc) is 3.13. The Morgan fingerprint density at radius 3 is 2.45 bits per heavy atom. The number of hydrogen-bond acceptors (Lipinski definition) is 5. The van der Waals surface area contributed by atoms with E-state index in [9.17, 15) is 4.79 Å². The first kappa shape index (κ1) is 24.9. The molecule has 176 valence electrons. The topological polar surface area (TPSA) is 69.9 Å². The molecule has 3 rings (SSSR count). The number of benzene rings is 2. The van der Waals surface area contributed by atoms with Crippen molar-refractivity contribution >= 4 is 31.5 Å². The van der Waals surface area contributed by atoms with Crippen LogP contribution < -0.4 is 10.1 Å². The Bertz CT molecular complexity index is 1030. The Labute approximate surface area is 200 Å². The molecule has 1 heterocycles. The molecule has 0 saturated heterocycles. The van der Waals surface area contributed by atoms with Crippen molar-refractivity contribution in [1.82, 2.24) is 0 Å². The van der Waals surface area contributed by atoms with Gasteiger partial charge in [-0.1, -0.05) is 61.6 Å². The molecule has 0 aliphatic rings. The van der Waals surface area contributed by atoms with Crippen LogP contribution in [0.2, 0.25) is 30.7 Å². The van der Waals surface area contributed by atoms with Gasteiger partial charge in [0.2, 0.25) is 0 Å². The zero-order valence-electron chi connectivity index (χ0n) is 19.4. The summed E-state index contributed by atoms with van der Waals surface area (Å²) in [5.41, 5.74) is 1.98. The highest BCUT2D eigenvalue weighted by Gasteiger charge is 2.19. The van der Waals surface area contributed by atoms with E-state index in [0.717, 1.165) is 17.2 Å². The lowest BCUT2D eigenvalue weighted by atomic mass is 10.1. The maximum atomic E-state index is 12.5. The van der Waals surface area contributed by atoms with Crippen molar-refractivity contribution in [3.63, 3.8) is 0 Å². The van der Waals surface area contributed by atoms with E-state index in [0.29, 0.717) is 23.8 Å². The Balaban J connectivity index is 1.58. The Kier molecular flexibility index (Phi) is 8.60. The Hall–Kier alpha value is -2.74. The number of carbonyl (C=O) groups is 1. The van der Waals surface area contributed by atoms with Crippen molar-refractivity contribution in [1.29, 1.82) is 0 Å². The summed E-state index contributed by atoms with van der Waals surface area (Å²) in [6.07, 6.45) is 0.347. The summed E-state index contributed by atoms with van der Waals surface area (Å²) in [6.45, 7) is 9.64. The molecule has 6 nitrogen and oxygen atoms in total. The van der Waals surface area contributed by atoms with Crippen LogP contribution in [-0.2, 0) is 9.47 Å². The fourth-order valence-electron chi connectivity index (χ4n) is 3.00. The van der Waals surface area contributed by atoms with E-state index < -0.39 is 20.3 Å². The Morgan fingerprint density at radius 1 is 1.09 bits per heavy atom. The number of nitrogens with one attached hydrogen (secondary N) is 1. The SMILES string of the molecule is C[C@@H](OC(=O)Nc1c(Cl)coc1-c1ccc(OCOCC[Si](C)(C)C)cc1)c1ccccc1. The summed E-state index contributed by atoms with van der Waals surface area (Å²) in [6, 6.07) is 17.9. The van der Waals surface area contributed by atoms with Crippen LogP contribution in [-0.4, -0.2) is 27.6 Å². The molecule has 1 atom stereocenters. The van der Waals surface area contributed by atoms with Crippen LogP contribution in [0.4, 0.5) is 10.5 Å². The van der Waals surface area contributed by atoms with E-state index in [-0.39, 0.29) is 11.8 Å². The summed E-state index contributed by atoms with van der Waals surface area (Å²) in [4.78, 5) is 12.5. The van der Waals surface area contributed by atoms with Crippen LogP contribution in [0.25, 0.3) is 11.3 Å². The van der Waals surface area contributed by atoms with Crippen LogP contribution in [0.3, 0.4) is 0 Å². The van der Waals surface area contributed by atoms with Gasteiger partial charge in [0.05, 0.1) is 0 Å². The molecule has 1 amide bonds. The second-order valence-electron chi connectivity index (χ2n) is 8.88. The summed E-state index contributed by atoms with van der Waals surface area (Å²) >= 11 is 6.25. The number of hydrogen-bond donors (Lipinski definition) is 1. The highest BCUT2D eigenvalue weighted by atomic mass is 35.5. The lowest BCUT2D eigenvalue weighted by Gasteiger charge is -2.15. The van der Waals surface area contributed by atoms with Crippen molar-refractivity contribution in [2.45, 2.75) is 38.7 Å². The molecular weight excluding hydrogens is 458 g/mol. The highest BCUT2D eigenvalue weighted by Crippen LogP contribution is 2.37. The average molecular weight is 488 g/mol. The van der Waals surface area contributed by atoms with E-state index in [2.05, 4.69) is 25.0 Å². The lowest BCUT2D eigenvalue weighted by molar-refractivity contribution is 0.0220. The first-order chi connectivity index (χ1) is 15.7. The van der Waals surface area contributed by atoms with Crippen LogP contribution >= 0.6 is 11.6 Å². The van der Waals surface area contributed by atoms with Gasteiger partial charge in [0.15, 0.2) is 12.6 Å². The molecule has 1 N–H and O–H groups in total. The molecule has 3 aromatic rings. The molecule has 0 aliphatic heterocycles. The zero-order chi connectivity index (χ0) is 23.8. The monoisotopic (exact) mass is 487 g/mol. The van der Waals surface area contributed by atoms with Gasteiger partial charge in [-0.2, -0.15) is 0 Å². The number of furan rings is 1. The second kappa shape index (κ2) is 11.4. The standard InChI is InChI=1S/C25H30ClNO5Si/c1-18(19-8-6-5-7-9-19)32-25(28)27-23-22(26)16-30-24(23)20-10-12-21(13-11-20)31-17-29-14-15-33(2,3)4/h5-13,16,18H,14-15,17H2,1-4H3,(H,27,28)/t18-/m1/s1. The quantitative estimate of drug-likeness (QED) is 0.181. The number of halogens is 1. The maximum Gasteiger partial charge on any atom is 0.412 e.